The average molecular weight is 298 g/mol. The Hall–Kier alpha value is -2.51. The van der Waals surface area contributed by atoms with Crippen LogP contribution >= 0.6 is 0 Å². The van der Waals surface area contributed by atoms with E-state index in [-0.39, 0.29) is 19.1 Å². The highest BCUT2D eigenvalue weighted by atomic mass is 19.4. The predicted molar refractivity (Wildman–Crippen MR) is 71.9 cm³/mol. The van der Waals surface area contributed by atoms with Gasteiger partial charge in [0.25, 0.3) is 0 Å². The fourth-order valence-electron chi connectivity index (χ4n) is 1.54. The lowest BCUT2D eigenvalue weighted by atomic mass is 10.3. The van der Waals surface area contributed by atoms with Crippen molar-refractivity contribution >= 4 is 11.6 Å². The van der Waals surface area contributed by atoms with Crippen molar-refractivity contribution in [3.63, 3.8) is 0 Å². The van der Waals surface area contributed by atoms with Crippen LogP contribution in [-0.4, -0.2) is 23.1 Å². The Morgan fingerprint density at radius 1 is 1.19 bits per heavy atom. The summed E-state index contributed by atoms with van der Waals surface area (Å²) >= 11 is 0. The molecule has 0 amide bonds. The Balaban J connectivity index is 1.85. The quantitative estimate of drug-likeness (QED) is 0.655. The van der Waals surface area contributed by atoms with Gasteiger partial charge in [-0.2, -0.15) is 13.2 Å². The summed E-state index contributed by atoms with van der Waals surface area (Å²) in [6.07, 6.45) is -3.44. The minimum absolute atomic E-state index is 0.102. The van der Waals surface area contributed by atoms with Crippen LogP contribution in [-0.2, 0) is 6.18 Å². The number of nitrogen functional groups attached to an aromatic ring is 1. The highest BCUT2D eigenvalue weighted by Crippen LogP contribution is 2.27. The fourth-order valence-corrected chi connectivity index (χ4v) is 1.54. The molecule has 1 aromatic carbocycles. The number of halogens is 3. The maximum absolute atomic E-state index is 12.5. The van der Waals surface area contributed by atoms with Crippen LogP contribution in [0.15, 0.2) is 36.5 Å². The van der Waals surface area contributed by atoms with E-state index in [0.29, 0.717) is 11.4 Å². The van der Waals surface area contributed by atoms with Gasteiger partial charge in [0.1, 0.15) is 18.1 Å². The smallest absolute Gasteiger partial charge is 0.433 e. The van der Waals surface area contributed by atoms with Crippen LogP contribution in [0.25, 0.3) is 0 Å². The molecule has 2 aromatic rings. The molecule has 21 heavy (non-hydrogen) atoms. The van der Waals surface area contributed by atoms with E-state index >= 15 is 0 Å². The van der Waals surface area contributed by atoms with Gasteiger partial charge < -0.3 is 15.8 Å². The molecular weight excluding hydrogens is 285 g/mol. The first-order valence-corrected chi connectivity index (χ1v) is 6.08. The van der Waals surface area contributed by atoms with Crippen molar-refractivity contribution in [1.82, 2.24) is 9.97 Å². The normalized spacial score (nSPS) is 11.2. The number of hydrogen-bond donors (Lipinski definition) is 2. The molecule has 112 valence electrons. The van der Waals surface area contributed by atoms with Crippen LogP contribution in [0.1, 0.15) is 5.69 Å². The summed E-state index contributed by atoms with van der Waals surface area (Å²) in [5.74, 6) is 0.415. The molecule has 8 heteroatoms. The summed E-state index contributed by atoms with van der Waals surface area (Å²) < 4.78 is 42.8. The molecule has 3 N–H and O–H groups in total. The lowest BCUT2D eigenvalue weighted by molar-refractivity contribution is -0.141. The summed E-state index contributed by atoms with van der Waals surface area (Å²) in [4.78, 5) is 7.09. The van der Waals surface area contributed by atoms with Gasteiger partial charge in [0, 0.05) is 6.20 Å². The van der Waals surface area contributed by atoms with Crippen molar-refractivity contribution < 1.29 is 17.9 Å². The number of nitrogens with two attached hydrogens (primary N) is 1. The predicted octanol–water partition coefficient (Wildman–Crippen LogP) is 2.57. The van der Waals surface area contributed by atoms with Gasteiger partial charge in [-0.05, 0) is 18.2 Å². The molecule has 5 nitrogen and oxygen atoms in total. The van der Waals surface area contributed by atoms with E-state index in [9.17, 15) is 13.2 Å². The second-order valence-electron chi connectivity index (χ2n) is 4.08. The zero-order valence-corrected chi connectivity index (χ0v) is 10.9. The number of benzene rings is 1. The third-order valence-corrected chi connectivity index (χ3v) is 2.51. The van der Waals surface area contributed by atoms with Crippen LogP contribution in [0.5, 0.6) is 5.75 Å². The van der Waals surface area contributed by atoms with Crippen molar-refractivity contribution in [2.75, 3.05) is 24.2 Å². The minimum Gasteiger partial charge on any atom is -0.490 e. The lowest BCUT2D eigenvalue weighted by Crippen LogP contribution is -2.16. The Morgan fingerprint density at radius 2 is 1.95 bits per heavy atom. The average Bonchev–Trinajstić information content (AvgIpc) is 2.45. The maximum atomic E-state index is 12.5. The lowest BCUT2D eigenvalue weighted by Gasteiger charge is -2.10. The van der Waals surface area contributed by atoms with Crippen LogP contribution in [0, 0.1) is 0 Å². The van der Waals surface area contributed by atoms with E-state index in [1.807, 2.05) is 0 Å². The van der Waals surface area contributed by atoms with E-state index in [4.69, 9.17) is 10.5 Å². The van der Waals surface area contributed by atoms with Gasteiger partial charge in [-0.1, -0.05) is 12.1 Å². The monoisotopic (exact) mass is 298 g/mol. The molecular formula is C13H13F3N4O. The molecule has 0 aliphatic carbocycles. The highest BCUT2D eigenvalue weighted by Gasteiger charge is 2.32. The molecule has 0 unspecified atom stereocenters. The standard InChI is InChI=1S/C13H13F3N4O/c14-13(15,16)11-5-6-18-12(20-11)19-7-8-21-10-4-2-1-3-9(10)17/h1-6H,7-8,17H2,(H,18,19,20). The van der Waals surface area contributed by atoms with Crippen molar-refractivity contribution in [3.05, 3.63) is 42.2 Å². The summed E-state index contributed by atoms with van der Waals surface area (Å²) in [5.41, 5.74) is 5.19. The molecule has 0 atom stereocenters. The summed E-state index contributed by atoms with van der Waals surface area (Å²) in [5, 5.41) is 2.66. The number of anilines is 2. The van der Waals surface area contributed by atoms with Gasteiger partial charge in [-0.25, -0.2) is 9.97 Å². The van der Waals surface area contributed by atoms with Crippen LogP contribution < -0.4 is 15.8 Å². The Labute approximate surface area is 119 Å². The molecule has 0 bridgehead atoms. The molecule has 1 aromatic heterocycles. The van der Waals surface area contributed by atoms with Crippen molar-refractivity contribution in [3.8, 4) is 5.75 Å². The Morgan fingerprint density at radius 3 is 2.67 bits per heavy atom. The van der Waals surface area contributed by atoms with Gasteiger partial charge in [-0.3, -0.25) is 0 Å². The number of hydrogen-bond acceptors (Lipinski definition) is 5. The van der Waals surface area contributed by atoms with Crippen LogP contribution in [0.3, 0.4) is 0 Å². The van der Waals surface area contributed by atoms with Gasteiger partial charge in [-0.15, -0.1) is 0 Å². The van der Waals surface area contributed by atoms with E-state index < -0.39 is 11.9 Å². The van der Waals surface area contributed by atoms with Crippen molar-refractivity contribution in [2.45, 2.75) is 6.18 Å². The molecule has 0 aliphatic rings. The van der Waals surface area contributed by atoms with Gasteiger partial charge in [0.2, 0.25) is 5.95 Å². The molecule has 0 saturated heterocycles. The van der Waals surface area contributed by atoms with Gasteiger partial charge >= 0.3 is 6.18 Å². The topological polar surface area (TPSA) is 73.1 Å². The van der Waals surface area contributed by atoms with Crippen molar-refractivity contribution in [1.29, 1.82) is 0 Å². The number of aromatic nitrogens is 2. The Kier molecular flexibility index (Phi) is 4.46. The maximum Gasteiger partial charge on any atom is 0.433 e. The van der Waals surface area contributed by atoms with E-state index in [1.165, 1.54) is 0 Å². The van der Waals surface area contributed by atoms with Crippen LogP contribution in [0.4, 0.5) is 24.8 Å². The molecule has 0 aliphatic heterocycles. The number of alkyl halides is 3. The van der Waals surface area contributed by atoms with Gasteiger partial charge in [0.05, 0.1) is 12.2 Å². The molecule has 1 heterocycles. The third-order valence-electron chi connectivity index (χ3n) is 2.51. The molecule has 0 saturated carbocycles. The SMILES string of the molecule is Nc1ccccc1OCCNc1nccc(C(F)(F)F)n1. The molecule has 0 fully saturated rings. The first-order chi connectivity index (χ1) is 9.97. The zero-order chi connectivity index (χ0) is 15.3. The summed E-state index contributed by atoms with van der Waals surface area (Å²) in [6, 6.07) is 7.76. The fraction of sp³-hybridized carbons (Fsp3) is 0.231. The molecule has 0 spiro atoms. The van der Waals surface area contributed by atoms with E-state index in [2.05, 4.69) is 15.3 Å². The molecule has 0 radical (unpaired) electrons. The second-order valence-corrected chi connectivity index (χ2v) is 4.08. The first-order valence-electron chi connectivity index (χ1n) is 6.08. The highest BCUT2D eigenvalue weighted by molar-refractivity contribution is 5.51. The van der Waals surface area contributed by atoms with E-state index in [0.717, 1.165) is 12.3 Å². The van der Waals surface area contributed by atoms with Gasteiger partial charge in [0.15, 0.2) is 0 Å². The van der Waals surface area contributed by atoms with Crippen LogP contribution in [0.2, 0.25) is 0 Å². The largest absolute Gasteiger partial charge is 0.490 e. The van der Waals surface area contributed by atoms with Crippen molar-refractivity contribution in [2.24, 2.45) is 0 Å². The van der Waals surface area contributed by atoms with E-state index in [1.54, 1.807) is 24.3 Å². The zero-order valence-electron chi connectivity index (χ0n) is 10.9. The summed E-state index contributed by atoms with van der Waals surface area (Å²) in [6.45, 7) is 0.462. The second kappa shape index (κ2) is 6.29. The summed E-state index contributed by atoms with van der Waals surface area (Å²) in [7, 11) is 0. The first kappa shape index (κ1) is 14.9. The number of para-hydroxylation sites is 2. The minimum atomic E-state index is -4.49. The third kappa shape index (κ3) is 4.23. The Bertz CT molecular complexity index is 604. The number of nitrogens with one attached hydrogen (secondary N) is 1. The number of ether oxygens (including phenoxy) is 1. The number of nitrogens with zero attached hydrogens (tertiary/aromatic N) is 2. The molecule has 2 rings (SSSR count). The number of rotatable bonds is 5.